The van der Waals surface area contributed by atoms with Gasteiger partial charge in [-0.15, -0.1) is 0 Å². The molecule has 0 aliphatic carbocycles. The third kappa shape index (κ3) is 17.6. The van der Waals surface area contributed by atoms with Gasteiger partial charge in [-0.1, -0.05) is 171 Å². The van der Waals surface area contributed by atoms with Crippen molar-refractivity contribution < 1.29 is 0 Å². The van der Waals surface area contributed by atoms with Gasteiger partial charge < -0.3 is 0 Å². The van der Waals surface area contributed by atoms with E-state index in [-0.39, 0.29) is 15.8 Å². The molecule has 1 aromatic rings. The summed E-state index contributed by atoms with van der Waals surface area (Å²) in [5.74, 6) is 0. The van der Waals surface area contributed by atoms with E-state index in [1.54, 1.807) is 10.6 Å². The van der Waals surface area contributed by atoms with Gasteiger partial charge >= 0.3 is 0 Å². The van der Waals surface area contributed by atoms with Crippen LogP contribution < -0.4 is 10.6 Å². The van der Waals surface area contributed by atoms with E-state index in [0.29, 0.717) is 0 Å². The van der Waals surface area contributed by atoms with Crippen LogP contribution in [0, 0.1) is 0 Å². The molecule has 0 aliphatic heterocycles. The van der Waals surface area contributed by atoms with Gasteiger partial charge in [0.15, 0.2) is 0 Å². The Kier molecular flexibility index (Phi) is 24.0. The molecule has 0 aliphatic rings. The lowest BCUT2D eigenvalue weighted by Gasteiger charge is -2.22. The van der Waals surface area contributed by atoms with Gasteiger partial charge in [0.2, 0.25) is 0 Å². The van der Waals surface area contributed by atoms with Gasteiger partial charge in [-0.3, -0.25) is 0 Å². The molecule has 0 aromatic heterocycles. The fourth-order valence-corrected chi connectivity index (χ4v) is 10.3. The maximum Gasteiger partial charge on any atom is -0.0240 e. The standard InChI is InChI=1S/C34H64P2/c1-5-9-13-17-21-29-35(30-22-18-14-10-6-2)33-25-27-34(28-26-33)36(31-23-19-15-11-7-3)32-24-20-16-12-8-4/h25-28H,5-24,29-32H2,1-4H3. The first-order chi connectivity index (χ1) is 17.8. The van der Waals surface area contributed by atoms with E-state index in [0.717, 1.165) is 0 Å². The molecule has 0 bridgehead atoms. The van der Waals surface area contributed by atoms with Gasteiger partial charge in [0.1, 0.15) is 0 Å². The first-order valence-electron chi connectivity index (χ1n) is 16.4. The van der Waals surface area contributed by atoms with Crippen molar-refractivity contribution in [2.24, 2.45) is 0 Å². The Balaban J connectivity index is 2.73. The molecule has 0 spiro atoms. The first kappa shape index (κ1) is 34.1. The van der Waals surface area contributed by atoms with Gasteiger partial charge in [0, 0.05) is 0 Å². The van der Waals surface area contributed by atoms with E-state index >= 15 is 0 Å². The summed E-state index contributed by atoms with van der Waals surface area (Å²) in [6, 6.07) is 10.3. The van der Waals surface area contributed by atoms with Crippen LogP contribution in [0.3, 0.4) is 0 Å². The molecule has 0 radical (unpaired) electrons. The molecule has 0 atom stereocenters. The molecule has 0 heterocycles. The van der Waals surface area contributed by atoms with Crippen LogP contribution in [0.2, 0.25) is 0 Å². The number of unbranched alkanes of at least 4 members (excludes halogenated alkanes) is 16. The monoisotopic (exact) mass is 534 g/mol. The minimum atomic E-state index is 0.0422. The minimum Gasteiger partial charge on any atom is -0.0753 e. The third-order valence-corrected chi connectivity index (χ3v) is 13.2. The molecule has 1 rings (SSSR count). The van der Waals surface area contributed by atoms with Crippen LogP contribution in [0.4, 0.5) is 0 Å². The molecule has 0 saturated heterocycles. The van der Waals surface area contributed by atoms with E-state index in [9.17, 15) is 0 Å². The number of hydrogen-bond donors (Lipinski definition) is 0. The molecule has 0 unspecified atom stereocenters. The van der Waals surface area contributed by atoms with Gasteiger partial charge in [-0.2, -0.15) is 0 Å². The molecule has 0 N–H and O–H groups in total. The second-order valence-electron chi connectivity index (χ2n) is 11.1. The van der Waals surface area contributed by atoms with E-state index in [1.807, 2.05) is 0 Å². The number of benzene rings is 1. The van der Waals surface area contributed by atoms with Crippen LogP contribution in [0.5, 0.6) is 0 Å². The topological polar surface area (TPSA) is 0 Å². The quantitative estimate of drug-likeness (QED) is 0.0819. The highest BCUT2D eigenvalue weighted by Crippen LogP contribution is 2.40. The SMILES string of the molecule is CCCCCCCP(CCCCCCC)c1ccc(P(CCCCCCC)CCCCCCC)cc1. The molecular formula is C34H64P2. The Morgan fingerprint density at radius 3 is 0.778 bits per heavy atom. The van der Waals surface area contributed by atoms with Crippen molar-refractivity contribution in [2.45, 2.75) is 156 Å². The summed E-state index contributed by atoms with van der Waals surface area (Å²) in [6.45, 7) is 9.32. The second-order valence-corrected chi connectivity index (χ2v) is 16.1. The van der Waals surface area contributed by atoms with Gasteiger partial charge in [0.25, 0.3) is 0 Å². The minimum absolute atomic E-state index is 0.0422. The van der Waals surface area contributed by atoms with Gasteiger partial charge in [-0.25, -0.2) is 0 Å². The molecule has 36 heavy (non-hydrogen) atoms. The highest BCUT2D eigenvalue weighted by Gasteiger charge is 2.14. The van der Waals surface area contributed by atoms with E-state index in [2.05, 4.69) is 52.0 Å². The van der Waals surface area contributed by atoms with Crippen LogP contribution >= 0.6 is 15.8 Å². The molecule has 0 nitrogen and oxygen atoms in total. The van der Waals surface area contributed by atoms with Crippen molar-refractivity contribution in [1.29, 1.82) is 0 Å². The molecule has 0 fully saturated rings. The Hall–Kier alpha value is 0.0800. The summed E-state index contributed by atoms with van der Waals surface area (Å²) in [4.78, 5) is 0. The van der Waals surface area contributed by atoms with Crippen molar-refractivity contribution in [3.05, 3.63) is 24.3 Å². The van der Waals surface area contributed by atoms with Crippen LogP contribution in [0.25, 0.3) is 0 Å². The number of rotatable bonds is 26. The van der Waals surface area contributed by atoms with Crippen molar-refractivity contribution in [3.63, 3.8) is 0 Å². The largest absolute Gasteiger partial charge is 0.0753 e. The van der Waals surface area contributed by atoms with Gasteiger partial charge in [0.05, 0.1) is 0 Å². The molecular weight excluding hydrogens is 470 g/mol. The summed E-state index contributed by atoms with van der Waals surface area (Å²) in [5.41, 5.74) is 0. The van der Waals surface area contributed by atoms with E-state index in [1.165, 1.54) is 153 Å². The predicted octanol–water partition coefficient (Wildman–Crippen LogP) is 11.8. The highest BCUT2D eigenvalue weighted by molar-refractivity contribution is 7.66. The summed E-state index contributed by atoms with van der Waals surface area (Å²) in [7, 11) is 0.0843. The Bertz CT molecular complexity index is 488. The molecule has 210 valence electrons. The van der Waals surface area contributed by atoms with Crippen LogP contribution in [0.1, 0.15) is 156 Å². The molecule has 2 heteroatoms. The zero-order valence-corrected chi connectivity index (χ0v) is 27.0. The smallest absolute Gasteiger partial charge is 0.0240 e. The maximum atomic E-state index is 2.59. The Labute approximate surface area is 231 Å². The van der Waals surface area contributed by atoms with Crippen LogP contribution in [-0.2, 0) is 0 Å². The second kappa shape index (κ2) is 25.4. The zero-order valence-electron chi connectivity index (χ0n) is 25.2. The molecule has 1 aromatic carbocycles. The average molecular weight is 535 g/mol. The number of hydrogen-bond acceptors (Lipinski definition) is 0. The van der Waals surface area contributed by atoms with E-state index < -0.39 is 0 Å². The lowest BCUT2D eigenvalue weighted by atomic mass is 10.2. The summed E-state index contributed by atoms with van der Waals surface area (Å²) in [5, 5.41) is 3.42. The van der Waals surface area contributed by atoms with E-state index in [4.69, 9.17) is 0 Å². The fourth-order valence-electron chi connectivity index (χ4n) is 5.24. The predicted molar refractivity (Wildman–Crippen MR) is 174 cm³/mol. The lowest BCUT2D eigenvalue weighted by Crippen LogP contribution is -2.13. The van der Waals surface area contributed by atoms with Gasteiger partial charge in [-0.05, 0) is 60.9 Å². The fraction of sp³-hybridized carbons (Fsp3) is 0.824. The van der Waals surface area contributed by atoms with Crippen LogP contribution in [0.15, 0.2) is 24.3 Å². The normalized spacial score (nSPS) is 11.7. The first-order valence-corrected chi connectivity index (χ1v) is 19.8. The third-order valence-electron chi connectivity index (χ3n) is 7.71. The Morgan fingerprint density at radius 1 is 0.333 bits per heavy atom. The van der Waals surface area contributed by atoms with Crippen molar-refractivity contribution in [3.8, 4) is 0 Å². The Morgan fingerprint density at radius 2 is 0.556 bits per heavy atom. The van der Waals surface area contributed by atoms with Crippen LogP contribution in [-0.4, -0.2) is 24.6 Å². The van der Waals surface area contributed by atoms with Crippen molar-refractivity contribution >= 4 is 26.5 Å². The molecule has 0 amide bonds. The summed E-state index contributed by atoms with van der Waals surface area (Å²) in [6.07, 6.45) is 34.3. The lowest BCUT2D eigenvalue weighted by molar-refractivity contribution is 0.653. The average Bonchev–Trinajstić information content (AvgIpc) is 2.90. The highest BCUT2D eigenvalue weighted by atomic mass is 31.1. The summed E-state index contributed by atoms with van der Waals surface area (Å²) >= 11 is 0. The maximum absolute atomic E-state index is 2.59. The summed E-state index contributed by atoms with van der Waals surface area (Å²) < 4.78 is 0. The molecule has 0 saturated carbocycles. The zero-order chi connectivity index (χ0) is 26.1. The van der Waals surface area contributed by atoms with Crippen molar-refractivity contribution in [1.82, 2.24) is 0 Å². The van der Waals surface area contributed by atoms with Crippen molar-refractivity contribution in [2.75, 3.05) is 24.6 Å².